The molecule has 2 amide bonds. The lowest BCUT2D eigenvalue weighted by molar-refractivity contribution is -0.142. The molecule has 2 heterocycles. The van der Waals surface area contributed by atoms with Crippen molar-refractivity contribution < 1.29 is 19.1 Å². The van der Waals surface area contributed by atoms with E-state index in [0.717, 1.165) is 55.6 Å². The van der Waals surface area contributed by atoms with Crippen molar-refractivity contribution in [3.05, 3.63) is 23.8 Å². The van der Waals surface area contributed by atoms with Crippen molar-refractivity contribution in [2.75, 3.05) is 19.9 Å². The molecule has 2 aliphatic heterocycles. The van der Waals surface area contributed by atoms with Crippen molar-refractivity contribution in [3.63, 3.8) is 0 Å². The first-order valence-corrected chi connectivity index (χ1v) is 11.0. The Labute approximate surface area is 172 Å². The molecule has 4 rings (SSSR count). The molecule has 0 aromatic heterocycles. The topological polar surface area (TPSA) is 67.9 Å². The summed E-state index contributed by atoms with van der Waals surface area (Å²) in [6.07, 6.45) is 6.53. The van der Waals surface area contributed by atoms with E-state index in [1.807, 2.05) is 36.9 Å². The normalized spacial score (nSPS) is 21.3. The van der Waals surface area contributed by atoms with Gasteiger partial charge in [0.15, 0.2) is 11.5 Å². The first kappa shape index (κ1) is 20.0. The highest BCUT2D eigenvalue weighted by molar-refractivity contribution is 5.89. The lowest BCUT2D eigenvalue weighted by Crippen LogP contribution is -2.52. The van der Waals surface area contributed by atoms with Crippen molar-refractivity contribution in [1.82, 2.24) is 10.2 Å². The summed E-state index contributed by atoms with van der Waals surface area (Å²) in [6, 6.07) is 6.14. The number of hydrogen-bond donors (Lipinski definition) is 1. The van der Waals surface area contributed by atoms with Gasteiger partial charge in [-0.2, -0.15) is 0 Å². The maximum Gasteiger partial charge on any atom is 0.233 e. The minimum atomic E-state index is -0.480. The number of carbonyl (C=O) groups is 2. The molecule has 0 unspecified atom stereocenters. The fourth-order valence-corrected chi connectivity index (χ4v) is 5.03. The molecule has 6 heteroatoms. The lowest BCUT2D eigenvalue weighted by Gasteiger charge is -2.42. The Morgan fingerprint density at radius 3 is 2.45 bits per heavy atom. The van der Waals surface area contributed by atoms with E-state index >= 15 is 0 Å². The van der Waals surface area contributed by atoms with Gasteiger partial charge in [0.05, 0.1) is 5.41 Å². The van der Waals surface area contributed by atoms with Crippen molar-refractivity contribution in [2.24, 2.45) is 5.92 Å². The van der Waals surface area contributed by atoms with E-state index in [0.29, 0.717) is 13.1 Å². The molecule has 0 bridgehead atoms. The summed E-state index contributed by atoms with van der Waals surface area (Å²) in [5.41, 5.74) is 0.567. The van der Waals surface area contributed by atoms with Crippen LogP contribution < -0.4 is 14.8 Å². The number of amides is 2. The van der Waals surface area contributed by atoms with Crippen molar-refractivity contribution >= 4 is 11.8 Å². The summed E-state index contributed by atoms with van der Waals surface area (Å²) in [6.45, 7) is 5.51. The minimum Gasteiger partial charge on any atom is -0.454 e. The van der Waals surface area contributed by atoms with Gasteiger partial charge >= 0.3 is 0 Å². The second-order valence-electron chi connectivity index (χ2n) is 8.94. The monoisotopic (exact) mass is 400 g/mol. The lowest BCUT2D eigenvalue weighted by atomic mass is 9.68. The quantitative estimate of drug-likeness (QED) is 0.841. The zero-order chi connectivity index (χ0) is 20.4. The van der Waals surface area contributed by atoms with Gasteiger partial charge in [0.25, 0.3) is 0 Å². The summed E-state index contributed by atoms with van der Waals surface area (Å²) in [4.78, 5) is 28.1. The van der Waals surface area contributed by atoms with Crippen LogP contribution in [0.1, 0.15) is 64.4 Å². The van der Waals surface area contributed by atoms with Crippen LogP contribution in [0.5, 0.6) is 11.5 Å². The van der Waals surface area contributed by atoms with Gasteiger partial charge in [0.2, 0.25) is 18.6 Å². The number of likely N-dealkylation sites (tertiary alicyclic amines) is 1. The smallest absolute Gasteiger partial charge is 0.233 e. The van der Waals surface area contributed by atoms with Crippen LogP contribution in [0.2, 0.25) is 0 Å². The third-order valence-electron chi connectivity index (χ3n) is 6.63. The summed E-state index contributed by atoms with van der Waals surface area (Å²) < 4.78 is 11.0. The molecule has 0 atom stereocenters. The number of piperidine rings is 1. The molecule has 3 aliphatic rings. The van der Waals surface area contributed by atoms with Crippen LogP contribution in [0.4, 0.5) is 0 Å². The second kappa shape index (κ2) is 8.25. The largest absolute Gasteiger partial charge is 0.454 e. The van der Waals surface area contributed by atoms with Crippen molar-refractivity contribution in [2.45, 2.75) is 70.3 Å². The molecule has 1 saturated heterocycles. The number of carbonyl (C=O) groups excluding carboxylic acids is 2. The predicted octanol–water partition coefficient (Wildman–Crippen LogP) is 3.38. The minimum absolute atomic E-state index is 0.00861. The maximum atomic E-state index is 13.8. The summed E-state index contributed by atoms with van der Waals surface area (Å²) >= 11 is 0. The highest BCUT2D eigenvalue weighted by atomic mass is 16.7. The molecule has 0 spiro atoms. The van der Waals surface area contributed by atoms with Crippen LogP contribution in [0.15, 0.2) is 18.2 Å². The Bertz CT molecular complexity index is 762. The first-order chi connectivity index (χ1) is 14.0. The molecule has 1 aromatic rings. The Balaban J connectivity index is 1.51. The fraction of sp³-hybridized carbons (Fsp3) is 0.652. The van der Waals surface area contributed by atoms with E-state index < -0.39 is 5.41 Å². The Hall–Kier alpha value is -2.24. The number of nitrogens with one attached hydrogen (secondary N) is 1. The number of ether oxygens (including phenoxy) is 2. The van der Waals surface area contributed by atoms with E-state index in [9.17, 15) is 9.59 Å². The predicted molar refractivity (Wildman–Crippen MR) is 110 cm³/mol. The number of nitrogens with zero attached hydrogens (tertiary/aromatic N) is 1. The molecule has 2 fully saturated rings. The van der Waals surface area contributed by atoms with Gasteiger partial charge in [-0.1, -0.05) is 25.3 Å². The Morgan fingerprint density at radius 1 is 1.07 bits per heavy atom. The summed E-state index contributed by atoms with van der Waals surface area (Å²) in [7, 11) is 0. The zero-order valence-electron chi connectivity index (χ0n) is 17.5. The van der Waals surface area contributed by atoms with Gasteiger partial charge < -0.3 is 19.7 Å². The van der Waals surface area contributed by atoms with Crippen LogP contribution in [-0.2, 0) is 15.0 Å². The van der Waals surface area contributed by atoms with Crippen molar-refractivity contribution in [1.29, 1.82) is 0 Å². The molecule has 29 heavy (non-hydrogen) atoms. The maximum absolute atomic E-state index is 13.8. The third kappa shape index (κ3) is 3.94. The SMILES string of the molecule is CC(C)NC(=O)C1CCN(C(=O)C2(c3ccc4c(c3)OCO4)CCCCC2)CC1. The van der Waals surface area contributed by atoms with E-state index in [-0.39, 0.29) is 30.6 Å². The first-order valence-electron chi connectivity index (χ1n) is 11.0. The van der Waals surface area contributed by atoms with Crippen LogP contribution in [0.3, 0.4) is 0 Å². The van der Waals surface area contributed by atoms with Gasteiger partial charge in [-0.05, 0) is 57.2 Å². The summed E-state index contributed by atoms with van der Waals surface area (Å²) in [5.74, 6) is 1.84. The van der Waals surface area contributed by atoms with Crippen molar-refractivity contribution in [3.8, 4) is 11.5 Å². The highest BCUT2D eigenvalue weighted by Crippen LogP contribution is 2.45. The van der Waals surface area contributed by atoms with E-state index in [2.05, 4.69) is 5.32 Å². The molecule has 0 radical (unpaired) electrons. The molecular formula is C23H32N2O4. The molecule has 1 saturated carbocycles. The number of hydrogen-bond acceptors (Lipinski definition) is 4. The molecular weight excluding hydrogens is 368 g/mol. The average Bonchev–Trinajstić information content (AvgIpc) is 3.21. The number of fused-ring (bicyclic) bond motifs is 1. The van der Waals surface area contributed by atoms with Crippen LogP contribution >= 0.6 is 0 Å². The molecule has 1 N–H and O–H groups in total. The number of benzene rings is 1. The van der Waals surface area contributed by atoms with Gasteiger partial charge in [-0.25, -0.2) is 0 Å². The molecule has 6 nitrogen and oxygen atoms in total. The van der Waals surface area contributed by atoms with Crippen LogP contribution in [0.25, 0.3) is 0 Å². The standard InChI is InChI=1S/C23H32N2O4/c1-16(2)24-21(26)17-8-12-25(13-9-17)22(27)23(10-4-3-5-11-23)18-6-7-19-20(14-18)29-15-28-19/h6-7,14,16-17H,3-5,8-13,15H2,1-2H3,(H,24,26). The number of rotatable bonds is 4. The third-order valence-corrected chi connectivity index (χ3v) is 6.63. The fourth-order valence-electron chi connectivity index (χ4n) is 5.03. The van der Waals surface area contributed by atoms with E-state index in [1.165, 1.54) is 6.42 Å². The summed E-state index contributed by atoms with van der Waals surface area (Å²) in [5, 5.41) is 3.01. The molecule has 158 valence electrons. The van der Waals surface area contributed by atoms with Gasteiger partial charge in [0.1, 0.15) is 0 Å². The molecule has 1 aromatic carbocycles. The second-order valence-corrected chi connectivity index (χ2v) is 8.94. The van der Waals surface area contributed by atoms with E-state index in [4.69, 9.17) is 9.47 Å². The molecule has 1 aliphatic carbocycles. The van der Waals surface area contributed by atoms with Gasteiger partial charge in [-0.15, -0.1) is 0 Å². The average molecular weight is 401 g/mol. The van der Waals surface area contributed by atoms with Gasteiger partial charge in [0, 0.05) is 25.0 Å². The van der Waals surface area contributed by atoms with Gasteiger partial charge in [-0.3, -0.25) is 9.59 Å². The highest BCUT2D eigenvalue weighted by Gasteiger charge is 2.45. The Morgan fingerprint density at radius 2 is 1.76 bits per heavy atom. The van der Waals surface area contributed by atoms with Crippen LogP contribution in [-0.4, -0.2) is 42.6 Å². The van der Waals surface area contributed by atoms with E-state index in [1.54, 1.807) is 0 Å². The van der Waals surface area contributed by atoms with Crippen LogP contribution in [0, 0.1) is 5.92 Å². The zero-order valence-corrected chi connectivity index (χ0v) is 17.5. The Kier molecular flexibility index (Phi) is 5.70.